The maximum absolute atomic E-state index is 13.3. The van der Waals surface area contributed by atoms with Gasteiger partial charge in [-0.2, -0.15) is 0 Å². The van der Waals surface area contributed by atoms with Crippen LogP contribution in [-0.2, 0) is 4.79 Å². The molecular formula is C24H30N4O2S. The van der Waals surface area contributed by atoms with Gasteiger partial charge in [0.2, 0.25) is 11.9 Å². The van der Waals surface area contributed by atoms with E-state index in [4.69, 9.17) is 4.98 Å². The van der Waals surface area contributed by atoms with Gasteiger partial charge in [-0.15, -0.1) is 11.3 Å². The number of aryl methyl sites for hydroxylation is 1. The average Bonchev–Trinajstić information content (AvgIpc) is 3.23. The van der Waals surface area contributed by atoms with Gasteiger partial charge in [-0.3, -0.25) is 9.59 Å². The maximum Gasteiger partial charge on any atom is 0.277 e. The first-order chi connectivity index (χ1) is 14.9. The highest BCUT2D eigenvalue weighted by Crippen LogP contribution is 2.26. The molecule has 3 heterocycles. The predicted octanol–water partition coefficient (Wildman–Crippen LogP) is 4.13. The fraction of sp³-hybridized carbons (Fsp3) is 0.458. The van der Waals surface area contributed by atoms with Crippen molar-refractivity contribution in [3.63, 3.8) is 0 Å². The van der Waals surface area contributed by atoms with Crippen LogP contribution in [0.3, 0.4) is 0 Å². The second kappa shape index (κ2) is 9.22. The van der Waals surface area contributed by atoms with Crippen molar-refractivity contribution in [2.75, 3.05) is 24.5 Å². The van der Waals surface area contributed by atoms with Gasteiger partial charge in [-0.25, -0.2) is 9.55 Å². The van der Waals surface area contributed by atoms with E-state index in [0.29, 0.717) is 29.7 Å². The van der Waals surface area contributed by atoms with Crippen molar-refractivity contribution in [1.29, 1.82) is 0 Å². The Balaban J connectivity index is 1.57. The zero-order chi connectivity index (χ0) is 22.0. The summed E-state index contributed by atoms with van der Waals surface area (Å²) in [5.74, 6) is 1.42. The van der Waals surface area contributed by atoms with Crippen LogP contribution in [0.4, 0.5) is 5.95 Å². The second-order valence-corrected chi connectivity index (χ2v) is 9.67. The number of amides is 1. The van der Waals surface area contributed by atoms with Crippen molar-refractivity contribution in [3.05, 3.63) is 51.6 Å². The lowest BCUT2D eigenvalue weighted by Crippen LogP contribution is -2.43. The van der Waals surface area contributed by atoms with E-state index < -0.39 is 0 Å². The molecule has 164 valence electrons. The molecular weight excluding hydrogens is 408 g/mol. The molecule has 1 saturated heterocycles. The third-order valence-electron chi connectivity index (χ3n) is 5.92. The van der Waals surface area contributed by atoms with Crippen LogP contribution in [0, 0.1) is 18.8 Å². The molecule has 31 heavy (non-hydrogen) atoms. The lowest BCUT2D eigenvalue weighted by Gasteiger charge is -2.33. The number of carbonyl (C=O) groups is 1. The zero-order valence-corrected chi connectivity index (χ0v) is 19.2. The molecule has 1 fully saturated rings. The van der Waals surface area contributed by atoms with Crippen LogP contribution in [0.1, 0.15) is 38.7 Å². The van der Waals surface area contributed by atoms with Gasteiger partial charge in [-0.05, 0) is 55.7 Å². The summed E-state index contributed by atoms with van der Waals surface area (Å²) in [4.78, 5) is 32.9. The number of carbonyl (C=O) groups excluding carboxylic acids is 1. The SMILES string of the molecule is Cc1ccc(-n2c(N3CCC(C(=O)NCCC(C)C)CC3)nc3ccsc3c2=O)cc1. The van der Waals surface area contributed by atoms with Crippen LogP contribution in [0.5, 0.6) is 0 Å². The molecule has 0 unspecified atom stereocenters. The lowest BCUT2D eigenvalue weighted by molar-refractivity contribution is -0.125. The minimum atomic E-state index is -0.0348. The Kier molecular flexibility index (Phi) is 6.41. The number of piperidine rings is 1. The van der Waals surface area contributed by atoms with E-state index in [1.807, 2.05) is 42.6 Å². The number of aromatic nitrogens is 2. The van der Waals surface area contributed by atoms with Crippen LogP contribution >= 0.6 is 11.3 Å². The van der Waals surface area contributed by atoms with E-state index in [2.05, 4.69) is 24.1 Å². The lowest BCUT2D eigenvalue weighted by atomic mass is 9.96. The summed E-state index contributed by atoms with van der Waals surface area (Å²) in [6, 6.07) is 9.86. The van der Waals surface area contributed by atoms with Crippen molar-refractivity contribution in [2.24, 2.45) is 11.8 Å². The molecule has 0 aliphatic carbocycles. The van der Waals surface area contributed by atoms with Gasteiger partial charge < -0.3 is 10.2 Å². The topological polar surface area (TPSA) is 67.2 Å². The van der Waals surface area contributed by atoms with Crippen LogP contribution in [0.15, 0.2) is 40.5 Å². The Bertz CT molecular complexity index is 1110. The summed E-state index contributed by atoms with van der Waals surface area (Å²) in [6.07, 6.45) is 2.52. The molecule has 0 saturated carbocycles. The summed E-state index contributed by atoms with van der Waals surface area (Å²) >= 11 is 1.43. The minimum absolute atomic E-state index is 0.0211. The summed E-state index contributed by atoms with van der Waals surface area (Å²) < 4.78 is 2.39. The molecule has 6 nitrogen and oxygen atoms in total. The Morgan fingerprint density at radius 2 is 1.90 bits per heavy atom. The summed E-state index contributed by atoms with van der Waals surface area (Å²) in [5.41, 5.74) is 2.67. The summed E-state index contributed by atoms with van der Waals surface area (Å²) in [7, 11) is 0. The molecule has 3 aromatic rings. The van der Waals surface area contributed by atoms with Crippen LogP contribution in [0.25, 0.3) is 15.9 Å². The number of hydrogen-bond acceptors (Lipinski definition) is 5. The molecule has 4 rings (SSSR count). The fourth-order valence-corrected chi connectivity index (χ4v) is 4.77. The van der Waals surface area contributed by atoms with Gasteiger partial charge in [0.1, 0.15) is 4.70 Å². The first kappa shape index (κ1) is 21.6. The first-order valence-corrected chi connectivity index (χ1v) is 11.9. The van der Waals surface area contributed by atoms with Gasteiger partial charge in [0, 0.05) is 25.6 Å². The number of nitrogens with zero attached hydrogens (tertiary/aromatic N) is 3. The van der Waals surface area contributed by atoms with E-state index in [1.54, 1.807) is 4.57 Å². The van der Waals surface area contributed by atoms with E-state index in [0.717, 1.165) is 42.6 Å². The predicted molar refractivity (Wildman–Crippen MR) is 127 cm³/mol. The van der Waals surface area contributed by atoms with Gasteiger partial charge in [0.25, 0.3) is 5.56 Å². The van der Waals surface area contributed by atoms with Crippen molar-refractivity contribution in [3.8, 4) is 5.69 Å². The molecule has 0 bridgehead atoms. The Morgan fingerprint density at radius 3 is 2.58 bits per heavy atom. The van der Waals surface area contributed by atoms with Crippen molar-refractivity contribution < 1.29 is 4.79 Å². The van der Waals surface area contributed by atoms with Crippen molar-refractivity contribution >= 4 is 33.4 Å². The van der Waals surface area contributed by atoms with Crippen molar-refractivity contribution in [1.82, 2.24) is 14.9 Å². The second-order valence-electron chi connectivity index (χ2n) is 8.76. The number of fused-ring (bicyclic) bond motifs is 1. The number of hydrogen-bond donors (Lipinski definition) is 1. The first-order valence-electron chi connectivity index (χ1n) is 11.0. The van der Waals surface area contributed by atoms with Gasteiger partial charge in [0.15, 0.2) is 0 Å². The van der Waals surface area contributed by atoms with E-state index >= 15 is 0 Å². The quantitative estimate of drug-likeness (QED) is 0.628. The molecule has 1 aliphatic heterocycles. The third-order valence-corrected chi connectivity index (χ3v) is 6.82. The summed E-state index contributed by atoms with van der Waals surface area (Å²) in [5, 5.41) is 5.00. The molecule has 1 amide bonds. The number of rotatable bonds is 6. The minimum Gasteiger partial charge on any atom is -0.356 e. The van der Waals surface area contributed by atoms with E-state index in [-0.39, 0.29) is 17.4 Å². The highest BCUT2D eigenvalue weighted by Gasteiger charge is 2.28. The fourth-order valence-electron chi connectivity index (χ4n) is 4.01. The smallest absolute Gasteiger partial charge is 0.277 e. The molecule has 1 N–H and O–H groups in total. The number of thiophene rings is 1. The van der Waals surface area contributed by atoms with Crippen molar-refractivity contribution in [2.45, 2.75) is 40.0 Å². The molecule has 7 heteroatoms. The molecule has 1 aliphatic rings. The monoisotopic (exact) mass is 438 g/mol. The van der Waals surface area contributed by atoms with E-state index in [1.165, 1.54) is 11.3 Å². The maximum atomic E-state index is 13.3. The molecule has 1 aromatic carbocycles. The Morgan fingerprint density at radius 1 is 1.19 bits per heavy atom. The highest BCUT2D eigenvalue weighted by atomic mass is 32.1. The molecule has 0 radical (unpaired) electrons. The standard InChI is InChI=1S/C24H30N4O2S/c1-16(2)8-12-25-22(29)18-9-13-27(14-10-18)24-26-20-11-15-31-21(20)23(30)28(24)19-6-4-17(3)5-7-19/h4-7,11,15-16,18H,8-10,12-14H2,1-3H3,(H,25,29). The molecule has 0 spiro atoms. The molecule has 0 atom stereocenters. The van der Waals surface area contributed by atoms with Gasteiger partial charge >= 0.3 is 0 Å². The van der Waals surface area contributed by atoms with Gasteiger partial charge in [0.05, 0.1) is 11.2 Å². The summed E-state index contributed by atoms with van der Waals surface area (Å²) in [6.45, 7) is 8.50. The van der Waals surface area contributed by atoms with Crippen LogP contribution in [-0.4, -0.2) is 35.1 Å². The number of nitrogens with one attached hydrogen (secondary N) is 1. The van der Waals surface area contributed by atoms with Crippen LogP contribution < -0.4 is 15.8 Å². The molecule has 2 aromatic heterocycles. The highest BCUT2D eigenvalue weighted by molar-refractivity contribution is 7.17. The van der Waals surface area contributed by atoms with E-state index in [9.17, 15) is 9.59 Å². The average molecular weight is 439 g/mol. The Hall–Kier alpha value is -2.67. The number of anilines is 1. The zero-order valence-electron chi connectivity index (χ0n) is 18.4. The van der Waals surface area contributed by atoms with Gasteiger partial charge in [-0.1, -0.05) is 31.5 Å². The third kappa shape index (κ3) is 4.66. The van der Waals surface area contributed by atoms with Crippen LogP contribution in [0.2, 0.25) is 0 Å². The normalized spacial score (nSPS) is 15.0. The largest absolute Gasteiger partial charge is 0.356 e. The number of benzene rings is 1. The Labute approximate surface area is 186 Å².